The molecule has 0 fully saturated rings. The number of nitrogens with zero attached hydrogens (tertiary/aromatic N) is 1. The van der Waals surface area contributed by atoms with Crippen molar-refractivity contribution >= 4 is 6.21 Å². The molecule has 0 aliphatic heterocycles. The molecule has 4 nitrogen and oxygen atoms in total. The van der Waals surface area contributed by atoms with Crippen LogP contribution in [0.4, 0.5) is 8.78 Å². The Morgan fingerprint density at radius 3 is 2.82 bits per heavy atom. The van der Waals surface area contributed by atoms with Crippen LogP contribution in [0.1, 0.15) is 11.1 Å². The van der Waals surface area contributed by atoms with Crippen molar-refractivity contribution in [2.24, 2.45) is 4.99 Å². The van der Waals surface area contributed by atoms with E-state index in [0.29, 0.717) is 5.56 Å². The third-order valence-electron chi connectivity index (χ3n) is 2.18. The fraction of sp³-hybridized carbons (Fsp3) is 0.0909. The highest BCUT2D eigenvalue weighted by molar-refractivity contribution is 5.78. The smallest absolute Gasteiger partial charge is 0.272 e. The molecule has 0 bridgehead atoms. The Morgan fingerprint density at radius 2 is 2.18 bits per heavy atom. The summed E-state index contributed by atoms with van der Waals surface area (Å²) in [5.74, 6) is -1.28. The molecule has 0 saturated heterocycles. The van der Waals surface area contributed by atoms with Crippen molar-refractivity contribution in [3.8, 4) is 0 Å². The lowest BCUT2D eigenvalue weighted by Gasteiger charge is -1.98. The Bertz CT molecular complexity index is 601. The van der Waals surface area contributed by atoms with Crippen LogP contribution in [0.15, 0.2) is 34.2 Å². The summed E-state index contributed by atoms with van der Waals surface area (Å²) in [5.41, 5.74) is 0.329. The van der Waals surface area contributed by atoms with Crippen LogP contribution < -0.4 is 5.56 Å². The largest absolute Gasteiger partial charge is 0.305 e. The highest BCUT2D eigenvalue weighted by Crippen LogP contribution is 2.10. The van der Waals surface area contributed by atoms with Crippen LogP contribution in [0.5, 0.6) is 0 Å². The highest BCUT2D eigenvalue weighted by Gasteiger charge is 2.02. The number of H-pyrrole nitrogens is 2. The Kier molecular flexibility index (Phi) is 3.13. The van der Waals surface area contributed by atoms with E-state index < -0.39 is 11.6 Å². The summed E-state index contributed by atoms with van der Waals surface area (Å²) in [6, 6.07) is 3.29. The van der Waals surface area contributed by atoms with E-state index >= 15 is 0 Å². The molecule has 0 amide bonds. The number of aromatic amines is 2. The molecule has 6 heteroatoms. The van der Waals surface area contributed by atoms with E-state index in [2.05, 4.69) is 15.2 Å². The first-order valence-corrected chi connectivity index (χ1v) is 4.86. The number of halogens is 2. The second-order valence-corrected chi connectivity index (χ2v) is 3.40. The van der Waals surface area contributed by atoms with Crippen molar-refractivity contribution < 1.29 is 8.78 Å². The molecule has 17 heavy (non-hydrogen) atoms. The van der Waals surface area contributed by atoms with E-state index in [-0.39, 0.29) is 17.7 Å². The summed E-state index contributed by atoms with van der Waals surface area (Å²) in [6.45, 7) is 0.0523. The van der Waals surface area contributed by atoms with Gasteiger partial charge in [0.2, 0.25) is 0 Å². The number of aromatic nitrogens is 2. The third-order valence-corrected chi connectivity index (χ3v) is 2.18. The van der Waals surface area contributed by atoms with Crippen LogP contribution in [0.25, 0.3) is 0 Å². The average Bonchev–Trinajstić information content (AvgIpc) is 2.68. The van der Waals surface area contributed by atoms with Gasteiger partial charge in [-0.05, 0) is 6.07 Å². The maximum atomic E-state index is 13.2. The van der Waals surface area contributed by atoms with Crippen LogP contribution in [0.3, 0.4) is 0 Å². The molecule has 2 rings (SSSR count). The molecule has 0 atom stereocenters. The molecule has 0 radical (unpaired) electrons. The van der Waals surface area contributed by atoms with E-state index in [4.69, 9.17) is 0 Å². The van der Waals surface area contributed by atoms with Crippen LogP contribution >= 0.6 is 0 Å². The summed E-state index contributed by atoms with van der Waals surface area (Å²) in [6.07, 6.45) is 2.78. The standard InChI is InChI=1S/C11H9F2N3O/c12-9-2-1-7(10(13)3-9)4-14-5-8-6-15-16-11(8)17/h1-3,5-6H,4H2,(H2,15,16,17). The van der Waals surface area contributed by atoms with Gasteiger partial charge in [0.15, 0.2) is 0 Å². The zero-order valence-corrected chi connectivity index (χ0v) is 8.71. The first-order valence-electron chi connectivity index (χ1n) is 4.86. The molecule has 2 aromatic rings. The van der Waals surface area contributed by atoms with Crippen LogP contribution in [-0.4, -0.2) is 16.4 Å². The SMILES string of the molecule is O=c1[nH][nH]cc1C=NCc1ccc(F)cc1F. The molecule has 88 valence electrons. The normalized spacial score (nSPS) is 11.2. The molecule has 1 aromatic heterocycles. The first kappa shape index (κ1) is 11.3. The molecule has 0 saturated carbocycles. The monoisotopic (exact) mass is 237 g/mol. The first-order chi connectivity index (χ1) is 8.16. The number of aliphatic imine (C=N–C) groups is 1. The zero-order valence-electron chi connectivity index (χ0n) is 8.71. The van der Waals surface area contributed by atoms with Gasteiger partial charge in [-0.15, -0.1) is 0 Å². The van der Waals surface area contributed by atoms with Gasteiger partial charge in [0.25, 0.3) is 5.56 Å². The minimum absolute atomic E-state index is 0.0523. The number of hydrogen-bond acceptors (Lipinski definition) is 2. The van der Waals surface area contributed by atoms with Crippen molar-refractivity contribution in [2.75, 3.05) is 0 Å². The number of nitrogens with one attached hydrogen (secondary N) is 2. The van der Waals surface area contributed by atoms with Gasteiger partial charge in [0.05, 0.1) is 12.1 Å². The minimum Gasteiger partial charge on any atom is -0.305 e. The average molecular weight is 237 g/mol. The Balaban J connectivity index is 2.10. The van der Waals surface area contributed by atoms with E-state index in [1.807, 2.05) is 0 Å². The van der Waals surface area contributed by atoms with Gasteiger partial charge in [-0.3, -0.25) is 14.9 Å². The van der Waals surface area contributed by atoms with Gasteiger partial charge in [0.1, 0.15) is 11.6 Å². The summed E-state index contributed by atoms with van der Waals surface area (Å²) in [5, 5.41) is 4.85. The van der Waals surface area contributed by atoms with Crippen molar-refractivity contribution in [3.63, 3.8) is 0 Å². The van der Waals surface area contributed by atoms with Crippen LogP contribution in [-0.2, 0) is 6.54 Å². The number of hydrogen-bond donors (Lipinski definition) is 2. The maximum Gasteiger partial charge on any atom is 0.272 e. The Morgan fingerprint density at radius 1 is 1.35 bits per heavy atom. The lowest BCUT2D eigenvalue weighted by molar-refractivity contribution is 0.573. The number of benzene rings is 1. The summed E-state index contributed by atoms with van der Waals surface area (Å²) >= 11 is 0. The molecule has 0 aliphatic carbocycles. The fourth-order valence-electron chi connectivity index (χ4n) is 1.31. The molecular formula is C11H9F2N3O. The van der Waals surface area contributed by atoms with Gasteiger partial charge in [0, 0.05) is 24.0 Å². The van der Waals surface area contributed by atoms with Crippen LogP contribution in [0.2, 0.25) is 0 Å². The van der Waals surface area contributed by atoms with E-state index in [1.54, 1.807) is 0 Å². The predicted molar refractivity (Wildman–Crippen MR) is 59.1 cm³/mol. The van der Waals surface area contributed by atoms with Gasteiger partial charge in [-0.25, -0.2) is 8.78 Å². The molecular weight excluding hydrogens is 228 g/mol. The summed E-state index contributed by atoms with van der Waals surface area (Å²) < 4.78 is 25.8. The van der Waals surface area contributed by atoms with Gasteiger partial charge in [-0.1, -0.05) is 6.07 Å². The summed E-state index contributed by atoms with van der Waals surface area (Å²) in [7, 11) is 0. The highest BCUT2D eigenvalue weighted by atomic mass is 19.1. The van der Waals surface area contributed by atoms with Crippen LogP contribution in [0, 0.1) is 11.6 Å². The Labute approximate surface area is 95.0 Å². The second kappa shape index (κ2) is 4.73. The minimum atomic E-state index is -0.648. The third kappa shape index (κ3) is 2.66. The molecule has 0 spiro atoms. The predicted octanol–water partition coefficient (Wildman–Crippen LogP) is 1.60. The lowest BCUT2D eigenvalue weighted by Crippen LogP contribution is -2.04. The van der Waals surface area contributed by atoms with E-state index in [0.717, 1.165) is 12.1 Å². The van der Waals surface area contributed by atoms with Crippen molar-refractivity contribution in [1.82, 2.24) is 10.2 Å². The molecule has 1 heterocycles. The summed E-state index contributed by atoms with van der Waals surface area (Å²) in [4.78, 5) is 15.0. The lowest BCUT2D eigenvalue weighted by atomic mass is 10.2. The van der Waals surface area contributed by atoms with Crippen molar-refractivity contribution in [1.29, 1.82) is 0 Å². The second-order valence-electron chi connectivity index (χ2n) is 3.40. The quantitative estimate of drug-likeness (QED) is 0.782. The van der Waals surface area contributed by atoms with Crippen molar-refractivity contribution in [2.45, 2.75) is 6.54 Å². The molecule has 0 unspecified atom stereocenters. The van der Waals surface area contributed by atoms with Gasteiger partial charge in [-0.2, -0.15) is 0 Å². The zero-order chi connectivity index (χ0) is 12.3. The van der Waals surface area contributed by atoms with E-state index in [9.17, 15) is 13.6 Å². The number of rotatable bonds is 3. The Hall–Kier alpha value is -2.24. The fourth-order valence-corrected chi connectivity index (χ4v) is 1.31. The van der Waals surface area contributed by atoms with Gasteiger partial charge < -0.3 is 5.10 Å². The maximum absolute atomic E-state index is 13.2. The van der Waals surface area contributed by atoms with Crippen molar-refractivity contribution in [3.05, 3.63) is 57.5 Å². The molecule has 0 aliphatic rings. The van der Waals surface area contributed by atoms with E-state index in [1.165, 1.54) is 18.5 Å². The molecule has 2 N–H and O–H groups in total. The molecule has 1 aromatic carbocycles. The van der Waals surface area contributed by atoms with Gasteiger partial charge >= 0.3 is 0 Å². The topological polar surface area (TPSA) is 61.0 Å².